The minimum Gasteiger partial charge on any atom is -0.352 e. The quantitative estimate of drug-likeness (QED) is 0.475. The van der Waals surface area contributed by atoms with Crippen molar-refractivity contribution in [3.63, 3.8) is 0 Å². The van der Waals surface area contributed by atoms with Gasteiger partial charge in [0.1, 0.15) is 5.82 Å². The van der Waals surface area contributed by atoms with E-state index in [0.717, 1.165) is 10.2 Å². The van der Waals surface area contributed by atoms with Gasteiger partial charge in [-0.05, 0) is 35.9 Å². The summed E-state index contributed by atoms with van der Waals surface area (Å²) in [6, 6.07) is 22.6. The number of nitrogens with one attached hydrogen (secondary N) is 2. The highest BCUT2D eigenvalue weighted by atomic mass is 35.5. The maximum atomic E-state index is 13.1. The number of para-hydroxylation sites is 1. The Kier molecular flexibility index (Phi) is 6.28. The van der Waals surface area contributed by atoms with Crippen molar-refractivity contribution in [2.24, 2.45) is 0 Å². The summed E-state index contributed by atoms with van der Waals surface area (Å²) in [6.45, 7) is 0.340. The Balaban J connectivity index is 1.63. The van der Waals surface area contributed by atoms with Crippen molar-refractivity contribution in [2.45, 2.75) is 13.0 Å². The van der Waals surface area contributed by atoms with Crippen LogP contribution in [-0.2, 0) is 17.8 Å². The van der Waals surface area contributed by atoms with Crippen molar-refractivity contribution in [1.29, 1.82) is 0 Å². The van der Waals surface area contributed by atoms with Crippen molar-refractivity contribution in [1.82, 2.24) is 15.0 Å². The lowest BCUT2D eigenvalue weighted by atomic mass is 10.2. The fraction of sp³-hybridized carbons (Fsp3) is 0.0833. The third-order valence-corrected chi connectivity index (χ3v) is 5.03. The maximum Gasteiger partial charge on any atom is 0.280 e. The van der Waals surface area contributed by atoms with Gasteiger partial charge in [-0.25, -0.2) is 9.66 Å². The van der Waals surface area contributed by atoms with Gasteiger partial charge in [0, 0.05) is 17.1 Å². The normalized spacial score (nSPS) is 10.7. The summed E-state index contributed by atoms with van der Waals surface area (Å²) in [4.78, 5) is 42.9. The number of halogens is 1. The molecule has 0 bridgehead atoms. The molecule has 2 N–H and O–H groups in total. The molecule has 0 aliphatic rings. The highest BCUT2D eigenvalue weighted by molar-refractivity contribution is 6.31. The molecule has 3 aromatic carbocycles. The summed E-state index contributed by atoms with van der Waals surface area (Å²) >= 11 is 5.97. The van der Waals surface area contributed by atoms with Gasteiger partial charge in [-0.3, -0.25) is 19.8 Å². The van der Waals surface area contributed by atoms with E-state index in [2.05, 4.69) is 15.7 Å². The average molecular weight is 447 g/mol. The van der Waals surface area contributed by atoms with Crippen molar-refractivity contribution in [3.8, 4) is 0 Å². The Morgan fingerprint density at radius 3 is 2.47 bits per heavy atom. The van der Waals surface area contributed by atoms with Gasteiger partial charge < -0.3 is 5.32 Å². The first-order chi connectivity index (χ1) is 15.5. The topological polar surface area (TPSA) is 93.1 Å². The number of hydrogen-bond acceptors (Lipinski definition) is 4. The number of nitrogens with zero attached hydrogens (tertiary/aromatic N) is 2. The molecule has 1 aromatic heterocycles. The molecule has 0 saturated carbocycles. The van der Waals surface area contributed by atoms with E-state index in [1.54, 1.807) is 42.5 Å². The van der Waals surface area contributed by atoms with Gasteiger partial charge in [-0.2, -0.15) is 0 Å². The number of hydrogen-bond donors (Lipinski definition) is 2. The van der Waals surface area contributed by atoms with Crippen LogP contribution in [-0.4, -0.2) is 21.5 Å². The smallest absolute Gasteiger partial charge is 0.280 e. The molecule has 0 spiro atoms. The van der Waals surface area contributed by atoms with Crippen LogP contribution in [0.4, 0.5) is 0 Å². The molecule has 7 nitrogen and oxygen atoms in total. The molecule has 0 atom stereocenters. The summed E-state index contributed by atoms with van der Waals surface area (Å²) in [6.07, 6.45) is -0.192. The standard InChI is InChI=1S/C24H19ClN4O3/c25-18-10-6-9-17(13-18)23(31)28-29-21(27-20-12-5-4-11-19(20)24(29)32)14-22(30)26-15-16-7-2-1-3-8-16/h1-13H,14-15H2,(H,26,30)(H,28,31). The van der Waals surface area contributed by atoms with E-state index in [1.807, 2.05) is 30.3 Å². The van der Waals surface area contributed by atoms with E-state index in [0.29, 0.717) is 22.5 Å². The van der Waals surface area contributed by atoms with Crippen molar-refractivity contribution in [2.75, 3.05) is 5.43 Å². The number of aromatic nitrogens is 2. The molecule has 160 valence electrons. The van der Waals surface area contributed by atoms with Crippen LogP contribution in [0.5, 0.6) is 0 Å². The lowest BCUT2D eigenvalue weighted by molar-refractivity contribution is -0.120. The maximum absolute atomic E-state index is 13.1. The Morgan fingerprint density at radius 2 is 1.69 bits per heavy atom. The van der Waals surface area contributed by atoms with Gasteiger partial charge in [-0.15, -0.1) is 0 Å². The summed E-state index contributed by atoms with van der Waals surface area (Å²) in [5, 5.41) is 3.53. The Morgan fingerprint density at radius 1 is 0.938 bits per heavy atom. The van der Waals surface area contributed by atoms with Crippen molar-refractivity contribution in [3.05, 3.63) is 111 Å². The zero-order chi connectivity index (χ0) is 22.5. The summed E-state index contributed by atoms with van der Waals surface area (Å²) < 4.78 is 1.02. The van der Waals surface area contributed by atoms with E-state index in [1.165, 1.54) is 6.07 Å². The van der Waals surface area contributed by atoms with E-state index < -0.39 is 11.5 Å². The van der Waals surface area contributed by atoms with Crippen molar-refractivity contribution < 1.29 is 9.59 Å². The molecule has 32 heavy (non-hydrogen) atoms. The van der Waals surface area contributed by atoms with Gasteiger partial charge in [0.15, 0.2) is 0 Å². The molecule has 0 aliphatic heterocycles. The Labute approximate surface area is 188 Å². The van der Waals surface area contributed by atoms with Crippen LogP contribution in [0.1, 0.15) is 21.7 Å². The second kappa shape index (κ2) is 9.45. The second-order valence-electron chi connectivity index (χ2n) is 7.08. The van der Waals surface area contributed by atoms with E-state index in [4.69, 9.17) is 11.6 Å². The van der Waals surface area contributed by atoms with Gasteiger partial charge in [0.05, 0.1) is 17.3 Å². The van der Waals surface area contributed by atoms with E-state index in [-0.39, 0.29) is 23.7 Å². The molecule has 1 heterocycles. The highest BCUT2D eigenvalue weighted by Crippen LogP contribution is 2.12. The van der Waals surface area contributed by atoms with Crippen LogP contribution >= 0.6 is 11.6 Å². The number of fused-ring (bicyclic) bond motifs is 1. The largest absolute Gasteiger partial charge is 0.352 e. The van der Waals surface area contributed by atoms with Crippen LogP contribution in [0, 0.1) is 0 Å². The summed E-state index contributed by atoms with van der Waals surface area (Å²) in [5.74, 6) is -0.756. The third kappa shape index (κ3) is 4.84. The predicted octanol–water partition coefficient (Wildman–Crippen LogP) is 3.29. The minimum absolute atomic E-state index is 0.120. The van der Waals surface area contributed by atoms with E-state index in [9.17, 15) is 14.4 Å². The number of carbonyl (C=O) groups is 2. The predicted molar refractivity (Wildman–Crippen MR) is 123 cm³/mol. The van der Waals surface area contributed by atoms with Crippen LogP contribution in [0.25, 0.3) is 10.9 Å². The molecule has 0 radical (unpaired) electrons. The molecular weight excluding hydrogens is 428 g/mol. The highest BCUT2D eigenvalue weighted by Gasteiger charge is 2.17. The molecule has 4 aromatic rings. The zero-order valence-electron chi connectivity index (χ0n) is 16.9. The van der Waals surface area contributed by atoms with E-state index >= 15 is 0 Å². The molecule has 0 fully saturated rings. The van der Waals surface area contributed by atoms with Gasteiger partial charge >= 0.3 is 0 Å². The first-order valence-corrected chi connectivity index (χ1v) is 10.3. The van der Waals surface area contributed by atoms with Crippen LogP contribution in [0.15, 0.2) is 83.7 Å². The number of rotatable bonds is 6. The summed E-state index contributed by atoms with van der Waals surface area (Å²) in [5.41, 5.74) is 3.74. The first kappa shape index (κ1) is 21.3. The van der Waals surface area contributed by atoms with Gasteiger partial charge in [0.25, 0.3) is 11.5 Å². The molecule has 2 amide bonds. The Hall–Kier alpha value is -3.97. The number of benzene rings is 3. The van der Waals surface area contributed by atoms with Crippen LogP contribution in [0.2, 0.25) is 5.02 Å². The lowest BCUT2D eigenvalue weighted by Crippen LogP contribution is -2.38. The molecule has 8 heteroatoms. The molecule has 0 saturated heterocycles. The first-order valence-electron chi connectivity index (χ1n) is 9.89. The van der Waals surface area contributed by atoms with Gasteiger partial charge in [0.2, 0.25) is 5.91 Å². The monoisotopic (exact) mass is 446 g/mol. The molecule has 0 unspecified atom stereocenters. The molecular formula is C24H19ClN4O3. The van der Waals surface area contributed by atoms with Crippen LogP contribution in [0.3, 0.4) is 0 Å². The Bertz CT molecular complexity index is 1350. The lowest BCUT2D eigenvalue weighted by Gasteiger charge is -2.15. The average Bonchev–Trinajstić information content (AvgIpc) is 2.81. The SMILES string of the molecule is O=C(Cc1nc2ccccc2c(=O)n1NC(=O)c1cccc(Cl)c1)NCc1ccccc1. The fourth-order valence-corrected chi connectivity index (χ4v) is 3.40. The fourth-order valence-electron chi connectivity index (χ4n) is 3.21. The molecule has 4 rings (SSSR count). The van der Waals surface area contributed by atoms with Crippen LogP contribution < -0.4 is 16.3 Å². The number of carbonyl (C=O) groups excluding carboxylic acids is 2. The zero-order valence-corrected chi connectivity index (χ0v) is 17.7. The number of amides is 2. The second-order valence-corrected chi connectivity index (χ2v) is 7.51. The van der Waals surface area contributed by atoms with Gasteiger partial charge in [-0.1, -0.05) is 60.1 Å². The van der Waals surface area contributed by atoms with Crippen molar-refractivity contribution >= 4 is 34.3 Å². The third-order valence-electron chi connectivity index (χ3n) is 4.80. The minimum atomic E-state index is -0.544. The molecule has 0 aliphatic carbocycles. The summed E-state index contributed by atoms with van der Waals surface area (Å²) in [7, 11) is 0.